The quantitative estimate of drug-likeness (QED) is 0.759. The van der Waals surface area contributed by atoms with E-state index >= 15 is 0 Å². The Hall–Kier alpha value is -3.42. The van der Waals surface area contributed by atoms with E-state index in [0.29, 0.717) is 22.2 Å². The van der Waals surface area contributed by atoms with Crippen LogP contribution >= 0.6 is 0 Å². The van der Waals surface area contributed by atoms with Gasteiger partial charge in [0.15, 0.2) is 11.5 Å². The maximum atomic E-state index is 13.2. The summed E-state index contributed by atoms with van der Waals surface area (Å²) in [6.07, 6.45) is -4.01. The number of carboxylic acid groups (broad SMARTS) is 1. The second kappa shape index (κ2) is 5.80. The molecule has 0 fully saturated rings. The lowest BCUT2D eigenvalue weighted by atomic mass is 10.1. The van der Waals surface area contributed by atoms with Crippen molar-refractivity contribution in [3.63, 3.8) is 0 Å². The van der Waals surface area contributed by atoms with Crippen LogP contribution in [0, 0.1) is 6.92 Å². The molecule has 1 aromatic heterocycles. The molecule has 2 aromatic carbocycles. The molecule has 1 aliphatic heterocycles. The number of aromatic nitrogens is 1. The zero-order chi connectivity index (χ0) is 19.3. The number of hydrogen-bond donors (Lipinski definition) is 1. The number of carbonyl (C=O) groups excluding carboxylic acids is 1. The molecule has 0 radical (unpaired) electrons. The largest absolute Gasteiger partial charge is 0.586 e. The van der Waals surface area contributed by atoms with Crippen molar-refractivity contribution in [2.75, 3.05) is 0 Å². The highest BCUT2D eigenvalue weighted by Crippen LogP contribution is 2.41. The monoisotopic (exact) mass is 373 g/mol. The molecule has 2 heterocycles. The van der Waals surface area contributed by atoms with Gasteiger partial charge >= 0.3 is 12.3 Å². The average molecular weight is 373 g/mol. The molecule has 0 amide bonds. The first-order valence-electron chi connectivity index (χ1n) is 8.02. The molecular weight excluding hydrogens is 360 g/mol. The molecule has 0 spiro atoms. The summed E-state index contributed by atoms with van der Waals surface area (Å²) in [4.78, 5) is 24.3. The van der Waals surface area contributed by atoms with Gasteiger partial charge in [0.2, 0.25) is 0 Å². The Labute approximate surface area is 151 Å². The summed E-state index contributed by atoms with van der Waals surface area (Å²) >= 11 is 0. The van der Waals surface area contributed by atoms with Gasteiger partial charge in [0, 0.05) is 16.6 Å². The summed E-state index contributed by atoms with van der Waals surface area (Å²) in [6, 6.07) is 10.7. The molecule has 0 atom stereocenters. The number of hydrogen-bond acceptors (Lipinski definition) is 4. The van der Waals surface area contributed by atoms with Crippen molar-refractivity contribution < 1.29 is 33.0 Å². The molecule has 0 aliphatic carbocycles. The van der Waals surface area contributed by atoms with Crippen LogP contribution in [-0.2, 0) is 11.2 Å². The Balaban J connectivity index is 1.83. The predicted molar refractivity (Wildman–Crippen MR) is 90.4 cm³/mol. The second-order valence-electron chi connectivity index (χ2n) is 6.12. The average Bonchev–Trinajstić information content (AvgIpc) is 3.06. The Kier molecular flexibility index (Phi) is 3.66. The number of halogens is 2. The summed E-state index contributed by atoms with van der Waals surface area (Å²) in [5.41, 5.74) is 1.66. The fourth-order valence-corrected chi connectivity index (χ4v) is 3.28. The standard InChI is InChI=1S/C19H13F2NO5/c1-10-13(9-17(23)24)12-4-2-3-5-14(12)22(10)18(25)11-6-7-15-16(8-11)27-19(20,21)26-15/h2-8H,9H2,1H3,(H,23,24). The molecule has 0 saturated heterocycles. The van der Waals surface area contributed by atoms with Crippen molar-refractivity contribution in [2.24, 2.45) is 0 Å². The molecule has 0 saturated carbocycles. The van der Waals surface area contributed by atoms with Gasteiger partial charge in [-0.1, -0.05) is 18.2 Å². The number of fused-ring (bicyclic) bond motifs is 2. The summed E-state index contributed by atoms with van der Waals surface area (Å²) in [5, 5.41) is 9.83. The topological polar surface area (TPSA) is 77.8 Å². The summed E-state index contributed by atoms with van der Waals surface area (Å²) in [6.45, 7) is 1.65. The zero-order valence-electron chi connectivity index (χ0n) is 14.0. The molecule has 4 rings (SSSR count). The fraction of sp³-hybridized carbons (Fsp3) is 0.158. The summed E-state index contributed by atoms with van der Waals surface area (Å²) < 4.78 is 36.5. The third-order valence-electron chi connectivity index (χ3n) is 4.42. The van der Waals surface area contributed by atoms with Gasteiger partial charge in [-0.25, -0.2) is 0 Å². The molecule has 0 bridgehead atoms. The smallest absolute Gasteiger partial charge is 0.481 e. The Morgan fingerprint density at radius 1 is 1.11 bits per heavy atom. The van der Waals surface area contributed by atoms with Crippen LogP contribution in [0.5, 0.6) is 11.5 Å². The number of aliphatic carboxylic acids is 1. The first-order chi connectivity index (χ1) is 12.8. The van der Waals surface area contributed by atoms with Crippen LogP contribution < -0.4 is 9.47 Å². The molecule has 0 unspecified atom stereocenters. The maximum Gasteiger partial charge on any atom is 0.586 e. The van der Waals surface area contributed by atoms with Crippen molar-refractivity contribution in [1.82, 2.24) is 4.57 Å². The van der Waals surface area contributed by atoms with Gasteiger partial charge in [0.1, 0.15) is 0 Å². The maximum absolute atomic E-state index is 13.2. The van der Waals surface area contributed by atoms with Gasteiger partial charge in [-0.15, -0.1) is 8.78 Å². The first kappa shape index (κ1) is 17.0. The van der Waals surface area contributed by atoms with E-state index in [1.165, 1.54) is 22.8 Å². The fourth-order valence-electron chi connectivity index (χ4n) is 3.28. The third kappa shape index (κ3) is 2.79. The van der Waals surface area contributed by atoms with Crippen LogP contribution in [-0.4, -0.2) is 27.8 Å². The van der Waals surface area contributed by atoms with E-state index in [0.717, 1.165) is 0 Å². The van der Waals surface area contributed by atoms with Gasteiger partial charge in [0.25, 0.3) is 5.91 Å². The van der Waals surface area contributed by atoms with Gasteiger partial charge in [0.05, 0.1) is 11.9 Å². The van der Waals surface area contributed by atoms with E-state index in [2.05, 4.69) is 9.47 Å². The molecule has 3 aromatic rings. The van der Waals surface area contributed by atoms with Crippen LogP contribution in [0.3, 0.4) is 0 Å². The molecule has 8 heteroatoms. The number of ether oxygens (including phenoxy) is 2. The van der Waals surface area contributed by atoms with Gasteiger partial charge < -0.3 is 14.6 Å². The van der Waals surface area contributed by atoms with E-state index in [1.54, 1.807) is 31.2 Å². The summed E-state index contributed by atoms with van der Waals surface area (Å²) in [7, 11) is 0. The number of para-hydroxylation sites is 1. The molecule has 1 aliphatic rings. The Morgan fingerprint density at radius 2 is 1.81 bits per heavy atom. The first-order valence-corrected chi connectivity index (χ1v) is 8.02. The van der Waals surface area contributed by atoms with Crippen molar-refractivity contribution in [3.8, 4) is 11.5 Å². The van der Waals surface area contributed by atoms with E-state index < -0.39 is 18.2 Å². The third-order valence-corrected chi connectivity index (χ3v) is 4.42. The SMILES string of the molecule is Cc1c(CC(=O)O)c2ccccc2n1C(=O)c1ccc2c(c1)OC(F)(F)O2. The van der Waals surface area contributed by atoms with Crippen LogP contribution in [0.15, 0.2) is 42.5 Å². The molecule has 27 heavy (non-hydrogen) atoms. The highest BCUT2D eigenvalue weighted by molar-refractivity contribution is 6.05. The minimum Gasteiger partial charge on any atom is -0.481 e. The number of alkyl halides is 2. The van der Waals surface area contributed by atoms with Crippen molar-refractivity contribution in [2.45, 2.75) is 19.6 Å². The van der Waals surface area contributed by atoms with Crippen molar-refractivity contribution in [1.29, 1.82) is 0 Å². The second-order valence-corrected chi connectivity index (χ2v) is 6.12. The summed E-state index contributed by atoms with van der Waals surface area (Å²) in [5.74, 6) is -1.89. The lowest BCUT2D eigenvalue weighted by molar-refractivity contribution is -0.286. The number of rotatable bonds is 3. The lowest BCUT2D eigenvalue weighted by Crippen LogP contribution is -2.25. The minimum absolute atomic E-state index is 0.112. The van der Waals surface area contributed by atoms with Crippen LogP contribution in [0.1, 0.15) is 21.6 Å². The predicted octanol–water partition coefficient (Wildman–Crippen LogP) is 3.59. The molecular formula is C19H13F2NO5. The van der Waals surface area contributed by atoms with Crippen LogP contribution in [0.25, 0.3) is 10.9 Å². The minimum atomic E-state index is -3.77. The van der Waals surface area contributed by atoms with Crippen molar-refractivity contribution >= 4 is 22.8 Å². The van der Waals surface area contributed by atoms with Crippen LogP contribution in [0.4, 0.5) is 8.78 Å². The normalized spacial score (nSPS) is 14.5. The lowest BCUT2D eigenvalue weighted by Gasteiger charge is -2.08. The Bertz CT molecular complexity index is 1100. The number of carbonyl (C=O) groups is 2. The molecule has 1 N–H and O–H groups in total. The molecule has 138 valence electrons. The Morgan fingerprint density at radius 3 is 2.56 bits per heavy atom. The van der Waals surface area contributed by atoms with Crippen molar-refractivity contribution in [3.05, 3.63) is 59.3 Å². The van der Waals surface area contributed by atoms with E-state index in [1.807, 2.05) is 0 Å². The molecule has 6 nitrogen and oxygen atoms in total. The van der Waals surface area contributed by atoms with Gasteiger partial charge in [-0.2, -0.15) is 0 Å². The van der Waals surface area contributed by atoms with Crippen LogP contribution in [0.2, 0.25) is 0 Å². The van der Waals surface area contributed by atoms with Gasteiger partial charge in [-0.3, -0.25) is 14.2 Å². The number of nitrogens with zero attached hydrogens (tertiary/aromatic N) is 1. The van der Waals surface area contributed by atoms with E-state index in [-0.39, 0.29) is 23.5 Å². The highest BCUT2D eigenvalue weighted by Gasteiger charge is 2.43. The number of carboxylic acids is 1. The van der Waals surface area contributed by atoms with E-state index in [9.17, 15) is 23.5 Å². The number of benzene rings is 2. The van der Waals surface area contributed by atoms with Gasteiger partial charge in [-0.05, 0) is 36.8 Å². The van der Waals surface area contributed by atoms with E-state index in [4.69, 9.17) is 0 Å². The zero-order valence-corrected chi connectivity index (χ0v) is 14.0. The highest BCUT2D eigenvalue weighted by atomic mass is 19.3.